The summed E-state index contributed by atoms with van der Waals surface area (Å²) in [7, 11) is 1.53. The van der Waals surface area contributed by atoms with Crippen LogP contribution in [0.3, 0.4) is 0 Å². The molecular formula is C20H22F3IN4O2. The number of rotatable bonds is 8. The Morgan fingerprint density at radius 3 is 2.43 bits per heavy atom. The van der Waals surface area contributed by atoms with E-state index < -0.39 is 12.4 Å². The van der Waals surface area contributed by atoms with Crippen LogP contribution in [-0.2, 0) is 13.1 Å². The van der Waals surface area contributed by atoms with E-state index in [4.69, 9.17) is 10.00 Å². The Morgan fingerprint density at radius 2 is 1.87 bits per heavy atom. The molecule has 162 valence electrons. The standard InChI is InChI=1S/C20H21F3N4O2.HI/c1-3-28-17-6-4-5-15(18(17)29-19(22)23)12-27-20(25-2)26-11-14-8-7-13(10-24)9-16(14)21;/h4-9,19H,3,11-12H2,1-2H3,(H2,25,26,27);1H. The fourth-order valence-electron chi connectivity index (χ4n) is 2.53. The minimum atomic E-state index is -2.99. The van der Waals surface area contributed by atoms with Crippen LogP contribution in [0.15, 0.2) is 41.4 Å². The molecule has 0 atom stereocenters. The fourth-order valence-corrected chi connectivity index (χ4v) is 2.53. The average Bonchev–Trinajstić information content (AvgIpc) is 2.70. The van der Waals surface area contributed by atoms with Crippen LogP contribution in [0.5, 0.6) is 11.5 Å². The minimum Gasteiger partial charge on any atom is -0.490 e. The number of alkyl halides is 2. The van der Waals surface area contributed by atoms with Gasteiger partial charge >= 0.3 is 6.61 Å². The molecule has 0 aliphatic rings. The second-order valence-corrected chi connectivity index (χ2v) is 5.75. The topological polar surface area (TPSA) is 78.7 Å². The fraction of sp³-hybridized carbons (Fsp3) is 0.300. The predicted octanol–water partition coefficient (Wildman–Crippen LogP) is 4.18. The lowest BCUT2D eigenvalue weighted by Crippen LogP contribution is -2.36. The number of nitrogens with one attached hydrogen (secondary N) is 2. The van der Waals surface area contributed by atoms with Crippen molar-refractivity contribution in [2.75, 3.05) is 13.7 Å². The molecule has 0 saturated carbocycles. The first-order valence-corrected chi connectivity index (χ1v) is 8.81. The van der Waals surface area contributed by atoms with Crippen LogP contribution in [0.2, 0.25) is 0 Å². The lowest BCUT2D eigenvalue weighted by atomic mass is 10.1. The molecule has 0 saturated heterocycles. The van der Waals surface area contributed by atoms with Gasteiger partial charge in [0.15, 0.2) is 17.5 Å². The number of hydrogen-bond donors (Lipinski definition) is 2. The number of guanidine groups is 1. The molecular weight excluding hydrogens is 512 g/mol. The van der Waals surface area contributed by atoms with Crippen molar-refractivity contribution in [1.29, 1.82) is 5.26 Å². The molecule has 2 aromatic rings. The van der Waals surface area contributed by atoms with Gasteiger partial charge in [0, 0.05) is 31.3 Å². The van der Waals surface area contributed by atoms with Crippen LogP contribution >= 0.6 is 24.0 Å². The quantitative estimate of drug-likeness (QED) is 0.302. The maximum atomic E-state index is 14.0. The molecule has 0 aliphatic carbocycles. The van der Waals surface area contributed by atoms with E-state index in [2.05, 4.69) is 20.4 Å². The first kappa shape index (κ1) is 25.4. The number of para-hydroxylation sites is 1. The van der Waals surface area contributed by atoms with Gasteiger partial charge in [0.1, 0.15) is 5.82 Å². The number of nitriles is 1. The zero-order chi connectivity index (χ0) is 21.2. The molecule has 0 spiro atoms. The van der Waals surface area contributed by atoms with E-state index in [1.807, 2.05) is 6.07 Å². The SMILES string of the molecule is CCOc1cccc(CNC(=NC)NCc2ccc(C#N)cc2F)c1OC(F)F.I. The van der Waals surface area contributed by atoms with Crippen molar-refractivity contribution in [2.24, 2.45) is 4.99 Å². The lowest BCUT2D eigenvalue weighted by molar-refractivity contribution is -0.0520. The molecule has 6 nitrogen and oxygen atoms in total. The monoisotopic (exact) mass is 534 g/mol. The Balaban J connectivity index is 0.00000450. The molecule has 2 N–H and O–H groups in total. The van der Waals surface area contributed by atoms with Gasteiger partial charge in [0.25, 0.3) is 0 Å². The van der Waals surface area contributed by atoms with E-state index in [-0.39, 0.29) is 54.1 Å². The van der Waals surface area contributed by atoms with Gasteiger partial charge < -0.3 is 20.1 Å². The maximum absolute atomic E-state index is 14.0. The molecule has 2 aromatic carbocycles. The minimum absolute atomic E-state index is 0. The third-order valence-electron chi connectivity index (χ3n) is 3.87. The van der Waals surface area contributed by atoms with E-state index in [1.165, 1.54) is 19.2 Å². The Bertz CT molecular complexity index is 904. The summed E-state index contributed by atoms with van der Waals surface area (Å²) in [6, 6.07) is 10.9. The van der Waals surface area contributed by atoms with Crippen molar-refractivity contribution >= 4 is 29.9 Å². The summed E-state index contributed by atoms with van der Waals surface area (Å²) in [5, 5.41) is 14.7. The van der Waals surface area contributed by atoms with Gasteiger partial charge in [-0.3, -0.25) is 4.99 Å². The van der Waals surface area contributed by atoms with E-state index >= 15 is 0 Å². The maximum Gasteiger partial charge on any atom is 0.387 e. The van der Waals surface area contributed by atoms with Crippen LogP contribution < -0.4 is 20.1 Å². The summed E-state index contributed by atoms with van der Waals surface area (Å²) in [6.45, 7) is -0.706. The molecule has 0 aliphatic heterocycles. The van der Waals surface area contributed by atoms with E-state index in [0.717, 1.165) is 6.07 Å². The first-order chi connectivity index (χ1) is 14.0. The number of ether oxygens (including phenoxy) is 2. The number of nitrogens with zero attached hydrogens (tertiary/aromatic N) is 2. The van der Waals surface area contributed by atoms with Crippen LogP contribution in [0.4, 0.5) is 13.2 Å². The number of hydrogen-bond acceptors (Lipinski definition) is 4. The number of aliphatic imine (C=N–C) groups is 1. The highest BCUT2D eigenvalue weighted by molar-refractivity contribution is 14.0. The van der Waals surface area contributed by atoms with Crippen molar-refractivity contribution in [2.45, 2.75) is 26.6 Å². The zero-order valence-corrected chi connectivity index (χ0v) is 18.7. The van der Waals surface area contributed by atoms with Gasteiger partial charge in [-0.15, -0.1) is 24.0 Å². The van der Waals surface area contributed by atoms with Crippen molar-refractivity contribution in [3.8, 4) is 17.6 Å². The summed E-state index contributed by atoms with van der Waals surface area (Å²) in [6.07, 6.45) is 0. The summed E-state index contributed by atoms with van der Waals surface area (Å²) < 4.78 is 49.6. The third-order valence-corrected chi connectivity index (χ3v) is 3.87. The van der Waals surface area contributed by atoms with E-state index in [0.29, 0.717) is 23.7 Å². The summed E-state index contributed by atoms with van der Waals surface area (Å²) in [4.78, 5) is 4.03. The van der Waals surface area contributed by atoms with Gasteiger partial charge in [-0.25, -0.2) is 4.39 Å². The third kappa shape index (κ3) is 7.29. The van der Waals surface area contributed by atoms with Gasteiger partial charge in [-0.05, 0) is 25.1 Å². The molecule has 0 radical (unpaired) electrons. The Morgan fingerprint density at radius 1 is 1.17 bits per heavy atom. The lowest BCUT2D eigenvalue weighted by Gasteiger charge is -2.17. The van der Waals surface area contributed by atoms with Crippen molar-refractivity contribution < 1.29 is 22.6 Å². The second kappa shape index (κ2) is 12.8. The van der Waals surface area contributed by atoms with Crippen molar-refractivity contribution in [1.82, 2.24) is 10.6 Å². The highest BCUT2D eigenvalue weighted by Crippen LogP contribution is 2.32. The number of halogens is 4. The van der Waals surface area contributed by atoms with Crippen LogP contribution in [-0.4, -0.2) is 26.2 Å². The molecule has 10 heteroatoms. The van der Waals surface area contributed by atoms with Crippen LogP contribution in [0.25, 0.3) is 0 Å². The van der Waals surface area contributed by atoms with Crippen molar-refractivity contribution in [3.05, 3.63) is 58.9 Å². The normalized spacial score (nSPS) is 10.8. The first-order valence-electron chi connectivity index (χ1n) is 8.81. The average molecular weight is 534 g/mol. The predicted molar refractivity (Wildman–Crippen MR) is 118 cm³/mol. The van der Waals surface area contributed by atoms with Gasteiger partial charge in [-0.1, -0.05) is 18.2 Å². The van der Waals surface area contributed by atoms with Gasteiger partial charge in [-0.2, -0.15) is 14.0 Å². The Hall–Kier alpha value is -2.68. The smallest absolute Gasteiger partial charge is 0.387 e. The van der Waals surface area contributed by atoms with Crippen LogP contribution in [0, 0.1) is 17.1 Å². The van der Waals surface area contributed by atoms with E-state index in [1.54, 1.807) is 25.1 Å². The Kier molecular flexibility index (Phi) is 10.8. The highest BCUT2D eigenvalue weighted by atomic mass is 127. The molecule has 2 rings (SSSR count). The molecule has 0 bridgehead atoms. The molecule has 0 aromatic heterocycles. The van der Waals surface area contributed by atoms with Gasteiger partial charge in [0.05, 0.1) is 18.2 Å². The molecule has 0 heterocycles. The summed E-state index contributed by atoms with van der Waals surface area (Å²) in [5.74, 6) is -0.0113. The second-order valence-electron chi connectivity index (χ2n) is 5.75. The summed E-state index contributed by atoms with van der Waals surface area (Å²) in [5.41, 5.74) is 1.03. The zero-order valence-electron chi connectivity index (χ0n) is 16.4. The van der Waals surface area contributed by atoms with Gasteiger partial charge in [0.2, 0.25) is 0 Å². The largest absolute Gasteiger partial charge is 0.490 e. The molecule has 0 fully saturated rings. The molecule has 0 amide bonds. The van der Waals surface area contributed by atoms with Crippen molar-refractivity contribution in [3.63, 3.8) is 0 Å². The Labute approximate surface area is 190 Å². The highest BCUT2D eigenvalue weighted by Gasteiger charge is 2.16. The van der Waals surface area contributed by atoms with E-state index in [9.17, 15) is 13.2 Å². The molecule has 0 unspecified atom stereocenters. The summed E-state index contributed by atoms with van der Waals surface area (Å²) >= 11 is 0. The number of benzene rings is 2. The molecule has 30 heavy (non-hydrogen) atoms. The van der Waals surface area contributed by atoms with Crippen LogP contribution in [0.1, 0.15) is 23.6 Å².